The van der Waals surface area contributed by atoms with E-state index in [1.165, 1.54) is 28.6 Å². The highest BCUT2D eigenvalue weighted by Gasteiger charge is 2.53. The molecule has 0 spiro atoms. The second-order valence-electron chi connectivity index (χ2n) is 10.7. The van der Waals surface area contributed by atoms with E-state index >= 15 is 4.39 Å². The highest BCUT2D eigenvalue weighted by atomic mass is 19.3. The molecular weight excluding hydrogens is 526 g/mol. The maximum Gasteiger partial charge on any atom is 0.282 e. The number of pyridine rings is 1. The van der Waals surface area contributed by atoms with E-state index in [1.54, 1.807) is 50.8 Å². The number of carbonyl (C=O) groups excluding carboxylic acids is 1. The summed E-state index contributed by atoms with van der Waals surface area (Å²) in [5.41, 5.74) is -0.446. The van der Waals surface area contributed by atoms with Crippen molar-refractivity contribution in [3.8, 4) is 0 Å². The maximum absolute atomic E-state index is 16.1. The highest BCUT2D eigenvalue weighted by Crippen LogP contribution is 2.41. The molecule has 4 rings (SSSR count). The van der Waals surface area contributed by atoms with Crippen LogP contribution in [0.1, 0.15) is 60.3 Å². The van der Waals surface area contributed by atoms with Crippen molar-refractivity contribution in [1.82, 2.24) is 14.5 Å². The van der Waals surface area contributed by atoms with E-state index in [0.717, 1.165) is 0 Å². The van der Waals surface area contributed by atoms with Crippen molar-refractivity contribution < 1.29 is 22.4 Å². The van der Waals surface area contributed by atoms with Crippen molar-refractivity contribution in [2.45, 2.75) is 58.7 Å². The maximum atomic E-state index is 16.1. The minimum atomic E-state index is -2.80. The van der Waals surface area contributed by atoms with Gasteiger partial charge in [0, 0.05) is 50.5 Å². The molecule has 1 amide bonds. The number of halogens is 4. The molecule has 40 heavy (non-hydrogen) atoms. The molecule has 2 aromatic rings. The molecule has 7 nitrogen and oxygen atoms in total. The molecule has 1 saturated carbocycles. The SMILES string of the molecule is Cc1cc([C@@H](C)Nc2ccc(C)nc2C(F)F)cc(F)c(N2CCN(C(=O)C3(F)CC3)CC2)n(C)c(=O)c(C)c1. The van der Waals surface area contributed by atoms with E-state index in [4.69, 9.17) is 0 Å². The molecule has 1 aliphatic carbocycles. The monoisotopic (exact) mass is 561 g/mol. The summed E-state index contributed by atoms with van der Waals surface area (Å²) in [6.45, 7) is 7.58. The molecule has 11 heteroatoms. The van der Waals surface area contributed by atoms with Gasteiger partial charge in [-0.25, -0.2) is 22.5 Å². The van der Waals surface area contributed by atoms with E-state index in [0.29, 0.717) is 22.4 Å². The van der Waals surface area contributed by atoms with Gasteiger partial charge in [0.15, 0.2) is 11.5 Å². The summed E-state index contributed by atoms with van der Waals surface area (Å²) in [6, 6.07) is 7.21. The van der Waals surface area contributed by atoms with Gasteiger partial charge >= 0.3 is 0 Å². The van der Waals surface area contributed by atoms with E-state index < -0.39 is 35.4 Å². The predicted molar refractivity (Wildman–Crippen MR) is 147 cm³/mol. The molecule has 2 aromatic heterocycles. The van der Waals surface area contributed by atoms with E-state index in [2.05, 4.69) is 10.3 Å². The van der Waals surface area contributed by atoms with Gasteiger partial charge in [0.1, 0.15) is 11.5 Å². The second kappa shape index (κ2) is 11.5. The van der Waals surface area contributed by atoms with Gasteiger partial charge in [-0.15, -0.1) is 0 Å². The Hall–Kier alpha value is -3.63. The first-order chi connectivity index (χ1) is 18.8. The van der Waals surface area contributed by atoms with E-state index in [9.17, 15) is 22.8 Å². The average molecular weight is 562 g/mol. The number of anilines is 2. The number of aryl methyl sites for hydroxylation is 3. The standard InChI is InChI=1S/C29H35F4N5O2/c1-17-14-18(2)27(39)36(5)26(37-10-12-38(13-11-37)28(40)29(33)8-9-29)22(30)16-21(15-17)20(4)35-23-7-6-19(3)34-24(23)25(31)32/h6-7,14-16,20,25,35H,8-13H2,1-5H3/t20-/m1/s1. The summed E-state index contributed by atoms with van der Waals surface area (Å²) in [4.78, 5) is 32.7. The van der Waals surface area contributed by atoms with Gasteiger partial charge in [0.25, 0.3) is 17.9 Å². The first kappa shape index (κ1) is 29.4. The smallest absolute Gasteiger partial charge is 0.282 e. The van der Waals surface area contributed by atoms with Crippen molar-refractivity contribution in [3.63, 3.8) is 0 Å². The van der Waals surface area contributed by atoms with Crippen LogP contribution >= 0.6 is 0 Å². The van der Waals surface area contributed by atoms with Crippen molar-refractivity contribution in [1.29, 1.82) is 0 Å². The third-order valence-corrected chi connectivity index (χ3v) is 7.39. The Bertz CT molecular complexity index is 1410. The molecule has 0 unspecified atom stereocenters. The summed E-state index contributed by atoms with van der Waals surface area (Å²) >= 11 is 0. The Morgan fingerprint density at radius 1 is 1.05 bits per heavy atom. The number of piperazine rings is 1. The average Bonchev–Trinajstić information content (AvgIpc) is 3.66. The van der Waals surface area contributed by atoms with Crippen molar-refractivity contribution in [2.75, 3.05) is 36.4 Å². The normalized spacial score (nSPS) is 16.9. The van der Waals surface area contributed by atoms with E-state index in [1.807, 2.05) is 0 Å². The Kier molecular flexibility index (Phi) is 8.41. The molecule has 1 saturated heterocycles. The van der Waals surface area contributed by atoms with Gasteiger partial charge in [0.2, 0.25) is 0 Å². The van der Waals surface area contributed by atoms with E-state index in [-0.39, 0.29) is 56.2 Å². The Morgan fingerprint density at radius 3 is 2.30 bits per heavy atom. The third kappa shape index (κ3) is 6.23. The van der Waals surface area contributed by atoms with Gasteiger partial charge in [0.05, 0.1) is 5.69 Å². The summed E-state index contributed by atoms with van der Waals surface area (Å²) in [5.74, 6) is -1.21. The number of nitrogens with zero attached hydrogens (tertiary/aromatic N) is 4. The zero-order chi connectivity index (χ0) is 29.4. The molecule has 1 aliphatic heterocycles. The molecule has 216 valence electrons. The lowest BCUT2D eigenvalue weighted by Crippen LogP contribution is -2.52. The molecule has 3 heterocycles. The molecule has 0 radical (unpaired) electrons. The van der Waals surface area contributed by atoms with Gasteiger partial charge in [-0.05, 0) is 64.3 Å². The predicted octanol–water partition coefficient (Wildman–Crippen LogP) is 5.23. The van der Waals surface area contributed by atoms with Gasteiger partial charge in [-0.1, -0.05) is 17.7 Å². The molecule has 2 fully saturated rings. The quantitative estimate of drug-likeness (QED) is 0.489. The van der Waals surface area contributed by atoms with Crippen LogP contribution in [0.25, 0.3) is 0 Å². The lowest BCUT2D eigenvalue weighted by Gasteiger charge is -2.37. The number of rotatable bonds is 6. The highest BCUT2D eigenvalue weighted by molar-refractivity contribution is 5.88. The number of carbonyl (C=O) groups is 1. The summed E-state index contributed by atoms with van der Waals surface area (Å²) in [5, 5.41) is 3.04. The number of nitrogens with one attached hydrogen (secondary N) is 1. The fourth-order valence-corrected chi connectivity index (χ4v) is 5.00. The number of alkyl halides is 3. The van der Waals surface area contributed by atoms with Crippen LogP contribution in [0.5, 0.6) is 0 Å². The largest absolute Gasteiger partial charge is 0.377 e. The fraction of sp³-hybridized carbons (Fsp3) is 0.483. The van der Waals surface area contributed by atoms with Crippen LogP contribution in [0.15, 0.2) is 35.1 Å². The lowest BCUT2D eigenvalue weighted by molar-refractivity contribution is -0.138. The summed E-state index contributed by atoms with van der Waals surface area (Å²) in [7, 11) is 1.48. The van der Waals surface area contributed by atoms with Crippen LogP contribution in [0.3, 0.4) is 0 Å². The van der Waals surface area contributed by atoms with Crippen LogP contribution in [0.2, 0.25) is 0 Å². The van der Waals surface area contributed by atoms with Crippen molar-refractivity contribution in [2.24, 2.45) is 7.05 Å². The second-order valence-corrected chi connectivity index (χ2v) is 10.7. The molecule has 0 bridgehead atoms. The topological polar surface area (TPSA) is 70.5 Å². The molecule has 2 aliphatic rings. The van der Waals surface area contributed by atoms with Crippen LogP contribution in [0.4, 0.5) is 29.1 Å². The van der Waals surface area contributed by atoms with Gasteiger partial charge < -0.3 is 15.1 Å². The number of aromatic nitrogens is 2. The zero-order valence-electron chi connectivity index (χ0n) is 23.4. The van der Waals surface area contributed by atoms with Crippen molar-refractivity contribution >= 4 is 17.4 Å². The minimum Gasteiger partial charge on any atom is -0.377 e. The van der Waals surface area contributed by atoms with Gasteiger partial charge in [-0.3, -0.25) is 14.2 Å². The van der Waals surface area contributed by atoms with Crippen LogP contribution in [-0.2, 0) is 11.8 Å². The van der Waals surface area contributed by atoms with Gasteiger partial charge in [-0.2, -0.15) is 0 Å². The number of hydrogen-bond acceptors (Lipinski definition) is 5. The summed E-state index contributed by atoms with van der Waals surface area (Å²) < 4.78 is 59.1. The summed E-state index contributed by atoms with van der Waals surface area (Å²) in [6.07, 6.45) is -2.35. The third-order valence-electron chi connectivity index (χ3n) is 7.39. The lowest BCUT2D eigenvalue weighted by atomic mass is 10.1. The number of hydrogen-bond donors (Lipinski definition) is 1. The zero-order valence-corrected chi connectivity index (χ0v) is 23.4. The van der Waals surface area contributed by atoms with Crippen molar-refractivity contribution in [3.05, 3.63) is 74.6 Å². The Morgan fingerprint density at radius 2 is 1.70 bits per heavy atom. The molecule has 1 N–H and O–H groups in total. The molecule has 1 atom stereocenters. The first-order valence-electron chi connectivity index (χ1n) is 13.3. The van der Waals surface area contributed by atoms with Crippen LogP contribution in [0, 0.1) is 26.6 Å². The minimum absolute atomic E-state index is 0.0224. The Balaban J connectivity index is 1.74. The molecular formula is C29H35F4N5O2. The van der Waals surface area contributed by atoms with Crippen LogP contribution < -0.4 is 15.8 Å². The first-order valence-corrected chi connectivity index (χ1v) is 13.3. The Labute approximate surface area is 231 Å². The van der Waals surface area contributed by atoms with Crippen LogP contribution in [-0.4, -0.2) is 52.2 Å². The molecule has 0 aromatic carbocycles. The fourth-order valence-electron chi connectivity index (χ4n) is 5.00. The number of amides is 1.